The molecule has 1 saturated heterocycles. The topological polar surface area (TPSA) is 104 Å². The summed E-state index contributed by atoms with van der Waals surface area (Å²) in [5.74, 6) is 0.601. The van der Waals surface area contributed by atoms with Gasteiger partial charge in [0.2, 0.25) is 5.91 Å². The molecule has 9 heteroatoms. The summed E-state index contributed by atoms with van der Waals surface area (Å²) in [5.41, 5.74) is 1.96. The van der Waals surface area contributed by atoms with Crippen molar-refractivity contribution >= 4 is 23.1 Å². The molecule has 0 bridgehead atoms. The van der Waals surface area contributed by atoms with Crippen LogP contribution in [-0.2, 0) is 11.2 Å². The Hall–Kier alpha value is -3.23. The van der Waals surface area contributed by atoms with Crippen molar-refractivity contribution in [2.45, 2.75) is 50.6 Å². The Kier molecular flexibility index (Phi) is 5.63. The Morgan fingerprint density at radius 3 is 2.75 bits per heavy atom. The number of non-ortho nitro benzene ring substituents is 1. The van der Waals surface area contributed by atoms with E-state index >= 15 is 0 Å². The summed E-state index contributed by atoms with van der Waals surface area (Å²) in [5, 5.41) is 14.6. The Bertz CT molecular complexity index is 994. The summed E-state index contributed by atoms with van der Waals surface area (Å²) in [6, 6.07) is 5.25. The summed E-state index contributed by atoms with van der Waals surface area (Å²) >= 11 is 0. The van der Waals surface area contributed by atoms with E-state index in [1.165, 1.54) is 6.42 Å². The Labute approximate surface area is 187 Å². The van der Waals surface area contributed by atoms with E-state index in [0.29, 0.717) is 13.0 Å². The van der Waals surface area contributed by atoms with Crippen LogP contribution < -0.4 is 15.1 Å². The van der Waals surface area contributed by atoms with E-state index in [-0.39, 0.29) is 34.5 Å². The summed E-state index contributed by atoms with van der Waals surface area (Å²) in [4.78, 5) is 37.5. The second-order valence-electron chi connectivity index (χ2n) is 8.99. The van der Waals surface area contributed by atoms with Crippen LogP contribution >= 0.6 is 0 Å². The highest BCUT2D eigenvalue weighted by atomic mass is 16.6. The normalized spacial score (nSPS) is 23.2. The molecule has 1 aromatic carbocycles. The van der Waals surface area contributed by atoms with E-state index < -0.39 is 0 Å². The molecule has 0 radical (unpaired) electrons. The molecule has 1 aliphatic carbocycles. The van der Waals surface area contributed by atoms with Gasteiger partial charge < -0.3 is 15.1 Å². The third-order valence-electron chi connectivity index (χ3n) is 7.07. The minimum Gasteiger partial charge on any atom is -0.364 e. The van der Waals surface area contributed by atoms with Crippen LogP contribution in [0.5, 0.6) is 0 Å². The van der Waals surface area contributed by atoms with Gasteiger partial charge in [0.15, 0.2) is 0 Å². The van der Waals surface area contributed by atoms with Gasteiger partial charge in [-0.05, 0) is 30.9 Å². The molecule has 3 heterocycles. The van der Waals surface area contributed by atoms with E-state index in [2.05, 4.69) is 25.1 Å². The number of nitrogens with one attached hydrogen (secondary N) is 1. The number of nitro groups is 1. The van der Waals surface area contributed by atoms with Gasteiger partial charge in [-0.25, -0.2) is 4.98 Å². The van der Waals surface area contributed by atoms with Gasteiger partial charge in [0.05, 0.1) is 23.1 Å². The number of fused-ring (bicyclic) bond motifs is 3. The fraction of sp³-hybridized carbons (Fsp3) is 0.522. The lowest BCUT2D eigenvalue weighted by atomic mass is 9.82. The molecule has 1 N–H and O–H groups in total. The van der Waals surface area contributed by atoms with Gasteiger partial charge in [0.1, 0.15) is 5.82 Å². The first kappa shape index (κ1) is 20.7. The number of nitrogens with zero attached hydrogens (tertiary/aromatic N) is 5. The van der Waals surface area contributed by atoms with Crippen LogP contribution in [0.3, 0.4) is 0 Å². The third kappa shape index (κ3) is 3.99. The first-order valence-electron chi connectivity index (χ1n) is 11.5. The number of aromatic nitrogens is 2. The smallest absolute Gasteiger partial charge is 0.269 e. The molecule has 2 aliphatic heterocycles. The van der Waals surface area contributed by atoms with Crippen LogP contribution in [0.1, 0.15) is 37.7 Å². The van der Waals surface area contributed by atoms with E-state index in [0.717, 1.165) is 55.8 Å². The van der Waals surface area contributed by atoms with E-state index in [1.54, 1.807) is 30.7 Å². The largest absolute Gasteiger partial charge is 0.364 e. The van der Waals surface area contributed by atoms with Crippen molar-refractivity contribution in [1.29, 1.82) is 0 Å². The highest BCUT2D eigenvalue weighted by Crippen LogP contribution is 2.38. The second-order valence-corrected chi connectivity index (χ2v) is 8.99. The number of hydrogen-bond acceptors (Lipinski definition) is 7. The van der Waals surface area contributed by atoms with Crippen molar-refractivity contribution in [3.8, 4) is 0 Å². The van der Waals surface area contributed by atoms with Crippen LogP contribution in [0.15, 0.2) is 36.8 Å². The van der Waals surface area contributed by atoms with Crippen molar-refractivity contribution in [2.24, 2.45) is 5.92 Å². The molecular formula is C23H28N6O3. The fourth-order valence-electron chi connectivity index (χ4n) is 5.44. The lowest BCUT2D eigenvalue weighted by Gasteiger charge is -2.49. The molecule has 2 atom stereocenters. The molecule has 32 heavy (non-hydrogen) atoms. The predicted molar refractivity (Wildman–Crippen MR) is 121 cm³/mol. The van der Waals surface area contributed by atoms with Gasteiger partial charge >= 0.3 is 0 Å². The number of anilines is 2. The minimum absolute atomic E-state index is 0.0247. The van der Waals surface area contributed by atoms with Crippen molar-refractivity contribution in [3.05, 3.63) is 52.5 Å². The van der Waals surface area contributed by atoms with E-state index in [9.17, 15) is 14.9 Å². The quantitative estimate of drug-likeness (QED) is 0.580. The van der Waals surface area contributed by atoms with Gasteiger partial charge in [-0.1, -0.05) is 19.3 Å². The second kappa shape index (κ2) is 8.72. The summed E-state index contributed by atoms with van der Waals surface area (Å²) in [6.07, 6.45) is 11.2. The van der Waals surface area contributed by atoms with Gasteiger partial charge in [-0.3, -0.25) is 19.9 Å². The van der Waals surface area contributed by atoms with Crippen LogP contribution in [0, 0.1) is 16.0 Å². The number of hydrogen-bond donors (Lipinski definition) is 1. The van der Waals surface area contributed by atoms with Crippen molar-refractivity contribution in [1.82, 2.24) is 15.3 Å². The zero-order valence-electron chi connectivity index (χ0n) is 18.0. The number of piperazine rings is 1. The lowest BCUT2D eigenvalue weighted by molar-refractivity contribution is -0.384. The molecule has 1 aromatic heterocycles. The number of nitro benzene ring substituents is 1. The minimum atomic E-state index is -0.366. The molecule has 5 rings (SSSR count). The highest BCUT2D eigenvalue weighted by Gasteiger charge is 2.42. The van der Waals surface area contributed by atoms with Crippen LogP contribution in [-0.4, -0.2) is 52.5 Å². The van der Waals surface area contributed by atoms with E-state index in [4.69, 9.17) is 0 Å². The standard InChI is InChI=1S/C23H28N6O3/c30-23(26-17-4-2-1-3-5-17)19-13-16-12-18(29(31)32)6-7-20(16)28-11-10-27(15-21(19)28)22-14-24-8-9-25-22/h6-9,12,14,17,19,21H,1-5,10-11,13,15H2,(H,26,30)/t19-,21+/m1/s1. The van der Waals surface area contributed by atoms with Crippen LogP contribution in [0.4, 0.5) is 17.2 Å². The first-order chi connectivity index (χ1) is 15.6. The van der Waals surface area contributed by atoms with Crippen molar-refractivity contribution in [3.63, 3.8) is 0 Å². The number of rotatable bonds is 4. The number of amides is 1. The fourth-order valence-corrected chi connectivity index (χ4v) is 5.44. The zero-order valence-corrected chi connectivity index (χ0v) is 18.0. The molecule has 168 valence electrons. The summed E-state index contributed by atoms with van der Waals surface area (Å²) < 4.78 is 0. The maximum atomic E-state index is 13.5. The number of benzene rings is 1. The Balaban J connectivity index is 1.44. The molecule has 3 aliphatic rings. The Morgan fingerprint density at radius 1 is 1.16 bits per heavy atom. The molecule has 1 saturated carbocycles. The molecule has 9 nitrogen and oxygen atoms in total. The van der Waals surface area contributed by atoms with Gasteiger partial charge in [-0.15, -0.1) is 0 Å². The SMILES string of the molecule is O=C(NC1CCCCC1)[C@@H]1Cc2cc([N+](=O)[O-])ccc2N2CCN(c3cnccn3)C[C@@H]12. The van der Waals surface area contributed by atoms with Gasteiger partial charge in [0, 0.05) is 55.9 Å². The maximum absolute atomic E-state index is 13.5. The summed E-state index contributed by atoms with van der Waals surface area (Å²) in [6.45, 7) is 2.14. The van der Waals surface area contributed by atoms with Crippen LogP contribution in [0.25, 0.3) is 0 Å². The number of carbonyl (C=O) groups excluding carboxylic acids is 1. The van der Waals surface area contributed by atoms with Gasteiger partial charge in [-0.2, -0.15) is 0 Å². The monoisotopic (exact) mass is 436 g/mol. The summed E-state index contributed by atoms with van der Waals surface area (Å²) in [7, 11) is 0. The van der Waals surface area contributed by atoms with Crippen molar-refractivity contribution in [2.75, 3.05) is 29.4 Å². The maximum Gasteiger partial charge on any atom is 0.269 e. The molecule has 0 unspecified atom stereocenters. The first-order valence-corrected chi connectivity index (χ1v) is 11.5. The highest BCUT2D eigenvalue weighted by molar-refractivity contribution is 5.83. The molecule has 2 fully saturated rings. The lowest BCUT2D eigenvalue weighted by Crippen LogP contribution is -2.62. The predicted octanol–water partition coefficient (Wildman–Crippen LogP) is 2.70. The molecular weight excluding hydrogens is 408 g/mol. The average molecular weight is 437 g/mol. The number of carbonyl (C=O) groups is 1. The average Bonchev–Trinajstić information content (AvgIpc) is 2.84. The molecule has 0 spiro atoms. The molecule has 2 aromatic rings. The zero-order chi connectivity index (χ0) is 22.1. The van der Waals surface area contributed by atoms with Crippen molar-refractivity contribution < 1.29 is 9.72 Å². The third-order valence-corrected chi connectivity index (χ3v) is 7.07. The van der Waals surface area contributed by atoms with Crippen LogP contribution in [0.2, 0.25) is 0 Å². The van der Waals surface area contributed by atoms with Gasteiger partial charge in [0.25, 0.3) is 5.69 Å². The Morgan fingerprint density at radius 2 is 2.00 bits per heavy atom. The van der Waals surface area contributed by atoms with E-state index in [1.807, 2.05) is 6.07 Å². The molecule has 1 amide bonds.